The zero-order valence-corrected chi connectivity index (χ0v) is 8.55. The first kappa shape index (κ1) is 9.80. The van der Waals surface area contributed by atoms with Gasteiger partial charge in [0.2, 0.25) is 0 Å². The van der Waals surface area contributed by atoms with E-state index in [9.17, 15) is 0 Å². The lowest BCUT2D eigenvalue weighted by Gasteiger charge is -2.14. The molecule has 0 saturated heterocycles. The van der Waals surface area contributed by atoms with E-state index in [1.807, 2.05) is 45.1 Å². The number of aryl methyl sites for hydroxylation is 1. The lowest BCUT2D eigenvalue weighted by Crippen LogP contribution is -2.18. The van der Waals surface area contributed by atoms with Gasteiger partial charge in [-0.2, -0.15) is 0 Å². The average Bonchev–Trinajstić information content (AvgIpc) is 2.08. The van der Waals surface area contributed by atoms with Crippen LogP contribution < -0.4 is 15.8 Å². The smallest absolute Gasteiger partial charge is 0.145 e. The Morgan fingerprint density at radius 1 is 1.31 bits per heavy atom. The molecule has 1 heterocycles. The summed E-state index contributed by atoms with van der Waals surface area (Å²) >= 11 is 0. The van der Waals surface area contributed by atoms with Gasteiger partial charge in [0.1, 0.15) is 11.6 Å². The van der Waals surface area contributed by atoms with Crippen LogP contribution in [-0.2, 0) is 0 Å². The molecule has 0 amide bonds. The third kappa shape index (κ3) is 2.32. The predicted molar refractivity (Wildman–Crippen MR) is 56.0 cm³/mol. The summed E-state index contributed by atoms with van der Waals surface area (Å²) < 4.78 is 0. The summed E-state index contributed by atoms with van der Waals surface area (Å²) in [5, 5.41) is 0. The van der Waals surface area contributed by atoms with E-state index in [0.29, 0.717) is 0 Å². The molecule has 72 valence electrons. The lowest BCUT2D eigenvalue weighted by molar-refractivity contribution is 0.950. The largest absolute Gasteiger partial charge is 0.363 e. The van der Waals surface area contributed by atoms with Crippen molar-refractivity contribution in [3.8, 4) is 0 Å². The Balaban J connectivity index is 2.97. The number of aromatic nitrogens is 1. The van der Waals surface area contributed by atoms with Crippen molar-refractivity contribution in [3.05, 3.63) is 17.7 Å². The van der Waals surface area contributed by atoms with Crippen LogP contribution in [0.1, 0.15) is 5.56 Å². The first-order valence-electron chi connectivity index (χ1n) is 4.23. The Morgan fingerprint density at radius 2 is 2.00 bits per heavy atom. The highest BCUT2D eigenvalue weighted by Gasteiger charge is 2.01. The summed E-state index contributed by atoms with van der Waals surface area (Å²) in [4.78, 5) is 6.39. The quantitative estimate of drug-likeness (QED) is 0.681. The van der Waals surface area contributed by atoms with Gasteiger partial charge in [-0.3, -0.25) is 0 Å². The van der Waals surface area contributed by atoms with Gasteiger partial charge in [-0.1, -0.05) is 6.07 Å². The van der Waals surface area contributed by atoms with Gasteiger partial charge in [0.25, 0.3) is 0 Å². The Hall–Kier alpha value is -1.29. The van der Waals surface area contributed by atoms with E-state index in [0.717, 1.165) is 17.2 Å². The normalized spacial score (nSPS) is 9.85. The lowest BCUT2D eigenvalue weighted by atomic mass is 10.3. The van der Waals surface area contributed by atoms with Crippen molar-refractivity contribution in [1.29, 1.82) is 0 Å². The fourth-order valence-corrected chi connectivity index (χ4v) is 1.01. The molecule has 4 heteroatoms. The van der Waals surface area contributed by atoms with E-state index in [2.05, 4.69) is 15.8 Å². The highest BCUT2D eigenvalue weighted by molar-refractivity contribution is 5.50. The molecule has 13 heavy (non-hydrogen) atoms. The zero-order chi connectivity index (χ0) is 9.84. The molecule has 0 radical (unpaired) electrons. The number of anilines is 2. The number of pyridine rings is 1. The van der Waals surface area contributed by atoms with E-state index in [1.54, 1.807) is 0 Å². The number of hydrazine groups is 1. The highest BCUT2D eigenvalue weighted by atomic mass is 15.4. The van der Waals surface area contributed by atoms with E-state index >= 15 is 0 Å². The van der Waals surface area contributed by atoms with Gasteiger partial charge in [-0.05, 0) is 18.6 Å². The standard InChI is InChI=1S/C9H16N4/c1-7-5-6-8(13(3)4)11-9(7)12-10-2/h5-6,10H,1-4H3,(H,11,12). The van der Waals surface area contributed by atoms with E-state index in [4.69, 9.17) is 0 Å². The minimum absolute atomic E-state index is 0.869. The van der Waals surface area contributed by atoms with Crippen LogP contribution in [0, 0.1) is 6.92 Å². The Labute approximate surface area is 78.9 Å². The maximum atomic E-state index is 4.41. The maximum absolute atomic E-state index is 4.41. The molecule has 0 atom stereocenters. The van der Waals surface area contributed by atoms with Crippen molar-refractivity contribution < 1.29 is 0 Å². The monoisotopic (exact) mass is 180 g/mol. The highest BCUT2D eigenvalue weighted by Crippen LogP contribution is 2.15. The number of nitrogens with one attached hydrogen (secondary N) is 2. The van der Waals surface area contributed by atoms with E-state index < -0.39 is 0 Å². The van der Waals surface area contributed by atoms with Gasteiger partial charge in [-0.25, -0.2) is 10.4 Å². The molecular weight excluding hydrogens is 164 g/mol. The first-order chi connectivity index (χ1) is 6.15. The van der Waals surface area contributed by atoms with Crippen LogP contribution in [0.3, 0.4) is 0 Å². The minimum atomic E-state index is 0.869. The predicted octanol–water partition coefficient (Wildman–Crippen LogP) is 1.00. The van der Waals surface area contributed by atoms with Gasteiger partial charge in [-0.15, -0.1) is 0 Å². The molecule has 0 bridgehead atoms. The zero-order valence-electron chi connectivity index (χ0n) is 8.55. The van der Waals surface area contributed by atoms with Crippen LogP contribution in [-0.4, -0.2) is 26.1 Å². The van der Waals surface area contributed by atoms with Gasteiger partial charge in [0.05, 0.1) is 0 Å². The van der Waals surface area contributed by atoms with Gasteiger partial charge in [0, 0.05) is 21.1 Å². The summed E-state index contributed by atoms with van der Waals surface area (Å²) in [6.07, 6.45) is 0. The third-order valence-electron chi connectivity index (χ3n) is 1.78. The topological polar surface area (TPSA) is 40.2 Å². The molecule has 1 rings (SSSR count). The van der Waals surface area contributed by atoms with Gasteiger partial charge < -0.3 is 10.3 Å². The molecule has 1 aromatic heterocycles. The third-order valence-corrected chi connectivity index (χ3v) is 1.78. The molecule has 0 aromatic carbocycles. The molecule has 0 fully saturated rings. The van der Waals surface area contributed by atoms with Crippen LogP contribution in [0.15, 0.2) is 12.1 Å². The van der Waals surface area contributed by atoms with Gasteiger partial charge >= 0.3 is 0 Å². The molecule has 0 saturated carbocycles. The van der Waals surface area contributed by atoms with Crippen LogP contribution in [0.25, 0.3) is 0 Å². The molecule has 0 unspecified atom stereocenters. The van der Waals surface area contributed by atoms with Crippen LogP contribution in [0.2, 0.25) is 0 Å². The molecule has 0 aliphatic heterocycles. The molecule has 2 N–H and O–H groups in total. The Morgan fingerprint density at radius 3 is 2.54 bits per heavy atom. The van der Waals surface area contributed by atoms with Gasteiger partial charge in [0.15, 0.2) is 0 Å². The number of hydrogen-bond donors (Lipinski definition) is 2. The summed E-state index contributed by atoms with van der Waals surface area (Å²) in [6.45, 7) is 2.02. The first-order valence-corrected chi connectivity index (χ1v) is 4.23. The minimum Gasteiger partial charge on any atom is -0.363 e. The molecule has 1 aromatic rings. The number of nitrogens with zero attached hydrogens (tertiary/aromatic N) is 2. The second-order valence-electron chi connectivity index (χ2n) is 3.10. The fraction of sp³-hybridized carbons (Fsp3) is 0.444. The Kier molecular flexibility index (Phi) is 3.08. The van der Waals surface area contributed by atoms with Crippen molar-refractivity contribution in [1.82, 2.24) is 10.4 Å². The SMILES string of the molecule is CNNc1nc(N(C)C)ccc1C. The van der Waals surface area contributed by atoms with Crippen molar-refractivity contribution in [2.24, 2.45) is 0 Å². The van der Waals surface area contributed by atoms with Crippen molar-refractivity contribution >= 4 is 11.6 Å². The van der Waals surface area contributed by atoms with E-state index in [1.165, 1.54) is 0 Å². The summed E-state index contributed by atoms with van der Waals surface area (Å²) in [6, 6.07) is 4.04. The van der Waals surface area contributed by atoms with Crippen molar-refractivity contribution in [2.45, 2.75) is 6.92 Å². The molecule has 0 aliphatic carbocycles. The van der Waals surface area contributed by atoms with Crippen LogP contribution in [0.5, 0.6) is 0 Å². The number of hydrogen-bond acceptors (Lipinski definition) is 4. The molecule has 4 nitrogen and oxygen atoms in total. The van der Waals surface area contributed by atoms with Crippen molar-refractivity contribution in [2.75, 3.05) is 31.5 Å². The summed E-state index contributed by atoms with van der Waals surface area (Å²) in [7, 11) is 5.77. The number of rotatable bonds is 3. The molecule has 0 aliphatic rings. The van der Waals surface area contributed by atoms with E-state index in [-0.39, 0.29) is 0 Å². The fourth-order valence-electron chi connectivity index (χ4n) is 1.01. The summed E-state index contributed by atoms with van der Waals surface area (Å²) in [5.74, 6) is 1.82. The summed E-state index contributed by atoms with van der Waals surface area (Å²) in [5.41, 5.74) is 6.97. The second-order valence-corrected chi connectivity index (χ2v) is 3.10. The molecule has 0 spiro atoms. The van der Waals surface area contributed by atoms with Crippen molar-refractivity contribution in [3.63, 3.8) is 0 Å². The van der Waals surface area contributed by atoms with Crippen LogP contribution in [0.4, 0.5) is 11.6 Å². The maximum Gasteiger partial charge on any atom is 0.145 e. The Bertz CT molecular complexity index is 283. The second kappa shape index (κ2) is 4.09. The average molecular weight is 180 g/mol. The van der Waals surface area contributed by atoms with Crippen LogP contribution >= 0.6 is 0 Å². The molecular formula is C9H16N4.